The van der Waals surface area contributed by atoms with Crippen LogP contribution in [-0.2, 0) is 28.4 Å². The molecule has 0 unspecified atom stereocenters. The van der Waals surface area contributed by atoms with Crippen molar-refractivity contribution in [2.45, 2.75) is 56.4 Å². The smallest absolute Gasteiger partial charge is 0.265 e. The van der Waals surface area contributed by atoms with Crippen LogP contribution in [0.2, 0.25) is 0 Å². The third kappa shape index (κ3) is 2.63. The van der Waals surface area contributed by atoms with Gasteiger partial charge in [0.15, 0.2) is 0 Å². The van der Waals surface area contributed by atoms with Crippen LogP contribution in [0.1, 0.15) is 48.8 Å². The third-order valence-electron chi connectivity index (χ3n) is 6.42. The minimum Gasteiger partial charge on any atom is -0.313 e. The fourth-order valence-electron chi connectivity index (χ4n) is 5.50. The van der Waals surface area contributed by atoms with Crippen LogP contribution in [0, 0.1) is 5.92 Å². The summed E-state index contributed by atoms with van der Waals surface area (Å²) >= 11 is 0. The van der Waals surface area contributed by atoms with E-state index in [-0.39, 0.29) is 5.75 Å². The van der Waals surface area contributed by atoms with Gasteiger partial charge in [0.05, 0.1) is 5.75 Å². The average Bonchev–Trinajstić information content (AvgIpc) is 2.52. The Bertz CT molecular complexity index is 711. The molecule has 1 saturated heterocycles. The molecule has 2 aliphatic carbocycles. The van der Waals surface area contributed by atoms with E-state index in [1.54, 1.807) is 0 Å². The van der Waals surface area contributed by atoms with E-state index in [9.17, 15) is 8.42 Å². The van der Waals surface area contributed by atoms with Crippen LogP contribution in [0.25, 0.3) is 0 Å². The van der Waals surface area contributed by atoms with Crippen molar-refractivity contribution >= 4 is 10.1 Å². The summed E-state index contributed by atoms with van der Waals surface area (Å²) in [4.78, 5) is 0. The van der Waals surface area contributed by atoms with E-state index in [1.807, 2.05) is 6.07 Å². The maximum absolute atomic E-state index is 11.1. The molecule has 0 spiro atoms. The van der Waals surface area contributed by atoms with Gasteiger partial charge in [0.1, 0.15) is 0 Å². The molecule has 1 heterocycles. The lowest BCUT2D eigenvalue weighted by atomic mass is 9.52. The minimum atomic E-state index is -3.91. The first-order valence-electron chi connectivity index (χ1n) is 8.79. The molecule has 2 N–H and O–H groups in total. The van der Waals surface area contributed by atoms with E-state index in [0.29, 0.717) is 17.9 Å². The van der Waals surface area contributed by atoms with Gasteiger partial charge in [-0.3, -0.25) is 4.55 Å². The van der Waals surface area contributed by atoms with Gasteiger partial charge in [0.25, 0.3) is 10.1 Å². The predicted octanol–water partition coefficient (Wildman–Crippen LogP) is 2.46. The van der Waals surface area contributed by atoms with Crippen LogP contribution in [0.3, 0.4) is 0 Å². The first-order chi connectivity index (χ1) is 11.0. The molecule has 1 saturated carbocycles. The maximum Gasteiger partial charge on any atom is 0.265 e. The lowest BCUT2D eigenvalue weighted by Gasteiger charge is -2.56. The predicted molar refractivity (Wildman–Crippen MR) is 90.3 cm³/mol. The molecular weight excluding hydrogens is 310 g/mol. The van der Waals surface area contributed by atoms with Crippen molar-refractivity contribution in [2.75, 3.05) is 12.3 Å². The number of nitrogens with one attached hydrogen (secondary N) is 1. The zero-order chi connectivity index (χ0) is 16.1. The molecule has 126 valence electrons. The van der Waals surface area contributed by atoms with Crippen molar-refractivity contribution in [1.82, 2.24) is 5.32 Å². The number of aryl methyl sites for hydroxylation is 1. The second-order valence-electron chi connectivity index (χ2n) is 7.50. The lowest BCUT2D eigenvalue weighted by Crippen LogP contribution is -2.59. The topological polar surface area (TPSA) is 66.4 Å². The van der Waals surface area contributed by atoms with E-state index >= 15 is 0 Å². The number of hydrogen-bond donors (Lipinski definition) is 2. The van der Waals surface area contributed by atoms with Gasteiger partial charge in [0, 0.05) is 11.5 Å². The van der Waals surface area contributed by atoms with Crippen LogP contribution in [0.15, 0.2) is 18.2 Å². The summed E-state index contributed by atoms with van der Waals surface area (Å²) in [5, 5.41) is 3.72. The Kier molecular flexibility index (Phi) is 3.78. The Hall–Kier alpha value is -0.910. The molecule has 0 aromatic heterocycles. The zero-order valence-corrected chi connectivity index (χ0v) is 14.2. The summed E-state index contributed by atoms with van der Waals surface area (Å²) in [5.74, 6) is 0.548. The fourth-order valence-corrected chi connectivity index (χ4v) is 5.98. The summed E-state index contributed by atoms with van der Waals surface area (Å²) in [6.45, 7) is 1.09. The second kappa shape index (κ2) is 5.57. The van der Waals surface area contributed by atoms with Gasteiger partial charge in [0.2, 0.25) is 0 Å². The highest BCUT2D eigenvalue weighted by atomic mass is 32.2. The molecule has 0 amide bonds. The Morgan fingerprint density at radius 1 is 1.26 bits per heavy atom. The van der Waals surface area contributed by atoms with E-state index in [1.165, 1.54) is 43.2 Å². The molecule has 3 aliphatic rings. The van der Waals surface area contributed by atoms with Crippen LogP contribution in [0.4, 0.5) is 0 Å². The Morgan fingerprint density at radius 2 is 2.13 bits per heavy atom. The van der Waals surface area contributed by atoms with Crippen molar-refractivity contribution in [3.63, 3.8) is 0 Å². The van der Waals surface area contributed by atoms with E-state index in [0.717, 1.165) is 24.4 Å². The molecule has 1 aromatic carbocycles. The molecule has 2 bridgehead atoms. The number of benzene rings is 1. The van der Waals surface area contributed by atoms with Crippen molar-refractivity contribution in [2.24, 2.45) is 5.92 Å². The van der Waals surface area contributed by atoms with Crippen LogP contribution < -0.4 is 5.32 Å². The van der Waals surface area contributed by atoms with Crippen molar-refractivity contribution in [3.05, 3.63) is 34.9 Å². The SMILES string of the molecule is O=S(=O)(O)CCc1cccc2c1C[C@H]1NCC[C@@]23CCCC[C@@H]13. The normalized spacial score (nSPS) is 32.9. The van der Waals surface area contributed by atoms with Gasteiger partial charge in [-0.05, 0) is 61.3 Å². The van der Waals surface area contributed by atoms with E-state index in [4.69, 9.17) is 4.55 Å². The highest BCUT2D eigenvalue weighted by molar-refractivity contribution is 7.85. The number of hydrogen-bond acceptors (Lipinski definition) is 3. The molecule has 2 fully saturated rings. The third-order valence-corrected chi connectivity index (χ3v) is 7.14. The summed E-state index contributed by atoms with van der Waals surface area (Å²) in [6, 6.07) is 6.94. The monoisotopic (exact) mass is 335 g/mol. The van der Waals surface area contributed by atoms with Crippen molar-refractivity contribution < 1.29 is 13.0 Å². The van der Waals surface area contributed by atoms with Gasteiger partial charge < -0.3 is 5.32 Å². The largest absolute Gasteiger partial charge is 0.313 e. The van der Waals surface area contributed by atoms with Gasteiger partial charge in [-0.2, -0.15) is 8.42 Å². The lowest BCUT2D eigenvalue weighted by molar-refractivity contribution is 0.0795. The van der Waals surface area contributed by atoms with Gasteiger partial charge >= 0.3 is 0 Å². The number of piperidine rings is 1. The Labute approximate surface area is 138 Å². The van der Waals surface area contributed by atoms with Gasteiger partial charge in [-0.25, -0.2) is 0 Å². The van der Waals surface area contributed by atoms with Gasteiger partial charge in [-0.1, -0.05) is 31.0 Å². The average molecular weight is 335 g/mol. The molecule has 5 heteroatoms. The molecule has 4 rings (SSSR count). The number of rotatable bonds is 3. The molecular formula is C18H25NO3S. The van der Waals surface area contributed by atoms with Crippen molar-refractivity contribution in [3.8, 4) is 0 Å². The van der Waals surface area contributed by atoms with Crippen LogP contribution >= 0.6 is 0 Å². The zero-order valence-electron chi connectivity index (χ0n) is 13.4. The highest BCUT2D eigenvalue weighted by Gasteiger charge is 2.51. The number of fused-ring (bicyclic) bond motifs is 1. The molecule has 0 radical (unpaired) electrons. The first kappa shape index (κ1) is 15.6. The standard InChI is InChI=1S/C18H25NO3S/c20-23(21,22)11-7-13-4-3-6-15-14(13)12-17-16-5-1-2-8-18(15,16)9-10-19-17/h3-4,6,16-17,19H,1-2,5,7-12H2,(H,20,21,22)/t16-,17+,18-/m0/s1. The Morgan fingerprint density at radius 3 is 2.96 bits per heavy atom. The molecule has 1 aliphatic heterocycles. The molecule has 23 heavy (non-hydrogen) atoms. The summed E-state index contributed by atoms with van der Waals surface area (Å²) in [5.41, 5.74) is 4.24. The van der Waals surface area contributed by atoms with Gasteiger partial charge in [-0.15, -0.1) is 0 Å². The molecule has 1 aromatic rings. The summed E-state index contributed by atoms with van der Waals surface area (Å²) < 4.78 is 31.4. The maximum atomic E-state index is 11.1. The van der Waals surface area contributed by atoms with Crippen molar-refractivity contribution in [1.29, 1.82) is 0 Å². The fraction of sp³-hybridized carbons (Fsp3) is 0.667. The van der Waals surface area contributed by atoms with Crippen LogP contribution in [-0.4, -0.2) is 31.3 Å². The summed E-state index contributed by atoms with van der Waals surface area (Å²) in [7, 11) is -3.91. The molecule has 3 atom stereocenters. The summed E-state index contributed by atoms with van der Waals surface area (Å²) in [6.07, 6.45) is 7.83. The minimum absolute atomic E-state index is 0.183. The highest BCUT2D eigenvalue weighted by Crippen LogP contribution is 2.54. The Balaban J connectivity index is 1.76. The van der Waals surface area contributed by atoms with Crippen LogP contribution in [0.5, 0.6) is 0 Å². The molecule has 4 nitrogen and oxygen atoms in total. The van der Waals surface area contributed by atoms with E-state index in [2.05, 4.69) is 17.4 Å². The first-order valence-corrected chi connectivity index (χ1v) is 10.4. The van der Waals surface area contributed by atoms with E-state index < -0.39 is 10.1 Å². The quantitative estimate of drug-likeness (QED) is 0.833. The second-order valence-corrected chi connectivity index (χ2v) is 9.07.